The standard InChI is InChI=1S/C51H86N2O10/c1-3-5-7-9-11-13-15-17-19-21-23-25-27-33-48(57)62-41-44(63-49(58)34-28-26-24-22-20-18-16-14-12-10-8-6-4-2)31-29-30-32-46(54)52-43-37-35-42(36-38-43)50(59)53-45(51(60)61)39-40-47(55)56/h35-38,44-45H,3-34,39-41H2,1-2H3,(H,52,54)(H,53,59)(H,55,56)(H,60,61)/t44?,45-/m0/s1. The minimum Gasteiger partial charge on any atom is -0.481 e. The number of unbranched alkanes of at least 4 members (excludes halogenated alkanes) is 25. The molecule has 0 aliphatic heterocycles. The average Bonchev–Trinajstić information content (AvgIpc) is 3.26. The van der Waals surface area contributed by atoms with Crippen molar-refractivity contribution in [1.29, 1.82) is 0 Å². The van der Waals surface area contributed by atoms with Crippen molar-refractivity contribution in [3.63, 3.8) is 0 Å². The number of hydrogen-bond donors (Lipinski definition) is 4. The van der Waals surface area contributed by atoms with Gasteiger partial charge in [0.05, 0.1) is 0 Å². The lowest BCUT2D eigenvalue weighted by atomic mass is 10.0. The Bertz CT molecular complexity index is 1370. The minimum atomic E-state index is -1.35. The molecule has 360 valence electrons. The molecule has 63 heavy (non-hydrogen) atoms. The van der Waals surface area contributed by atoms with Crippen LogP contribution < -0.4 is 10.6 Å². The van der Waals surface area contributed by atoms with Gasteiger partial charge in [-0.05, 0) is 62.8 Å². The number of carboxylic acids is 2. The van der Waals surface area contributed by atoms with Crippen LogP contribution in [-0.2, 0) is 33.4 Å². The van der Waals surface area contributed by atoms with Gasteiger partial charge in [0.15, 0.2) is 0 Å². The number of amides is 2. The summed E-state index contributed by atoms with van der Waals surface area (Å²) in [6.07, 6.45) is 33.1. The lowest BCUT2D eigenvalue weighted by Crippen LogP contribution is -2.41. The van der Waals surface area contributed by atoms with Gasteiger partial charge in [-0.15, -0.1) is 0 Å². The van der Waals surface area contributed by atoms with E-state index >= 15 is 0 Å². The van der Waals surface area contributed by atoms with Crippen LogP contribution in [0, 0.1) is 0 Å². The Kier molecular flexibility index (Phi) is 35.9. The maximum atomic E-state index is 12.9. The average molecular weight is 887 g/mol. The fourth-order valence-corrected chi connectivity index (χ4v) is 7.61. The van der Waals surface area contributed by atoms with Crippen LogP contribution >= 0.6 is 0 Å². The summed E-state index contributed by atoms with van der Waals surface area (Å²) < 4.78 is 11.4. The van der Waals surface area contributed by atoms with Gasteiger partial charge in [0, 0.05) is 36.9 Å². The van der Waals surface area contributed by atoms with E-state index < -0.39 is 36.4 Å². The molecule has 0 aliphatic rings. The molecule has 0 fully saturated rings. The van der Waals surface area contributed by atoms with E-state index in [4.69, 9.17) is 14.6 Å². The first-order chi connectivity index (χ1) is 30.5. The fraction of sp³-hybridized carbons (Fsp3) is 0.765. The summed E-state index contributed by atoms with van der Waals surface area (Å²) in [5.74, 6) is -3.97. The van der Waals surface area contributed by atoms with E-state index in [0.29, 0.717) is 37.8 Å². The number of aliphatic carboxylic acids is 2. The molecule has 0 heterocycles. The smallest absolute Gasteiger partial charge is 0.326 e. The van der Waals surface area contributed by atoms with Crippen molar-refractivity contribution in [3.05, 3.63) is 29.8 Å². The third kappa shape index (κ3) is 34.2. The molecule has 0 saturated carbocycles. The van der Waals surface area contributed by atoms with Crippen LogP contribution in [0.5, 0.6) is 0 Å². The first-order valence-corrected chi connectivity index (χ1v) is 25.1. The van der Waals surface area contributed by atoms with Crippen LogP contribution in [0.4, 0.5) is 5.69 Å². The Labute approximate surface area is 380 Å². The van der Waals surface area contributed by atoms with Crippen molar-refractivity contribution in [2.45, 2.75) is 244 Å². The van der Waals surface area contributed by atoms with Gasteiger partial charge < -0.3 is 30.3 Å². The lowest BCUT2D eigenvalue weighted by molar-refractivity contribution is -0.159. The number of rotatable bonds is 43. The summed E-state index contributed by atoms with van der Waals surface area (Å²) >= 11 is 0. The van der Waals surface area contributed by atoms with Crippen molar-refractivity contribution in [1.82, 2.24) is 5.32 Å². The second kappa shape index (κ2) is 39.6. The number of carbonyl (C=O) groups is 6. The normalized spacial score (nSPS) is 12.0. The molecule has 2 atom stereocenters. The van der Waals surface area contributed by atoms with Gasteiger partial charge in [-0.1, -0.05) is 168 Å². The van der Waals surface area contributed by atoms with Crippen LogP contribution in [0.15, 0.2) is 24.3 Å². The highest BCUT2D eigenvalue weighted by molar-refractivity contribution is 5.97. The molecule has 0 radical (unpaired) electrons. The highest BCUT2D eigenvalue weighted by Crippen LogP contribution is 2.17. The first kappa shape index (κ1) is 57.1. The quantitative estimate of drug-likeness (QED) is 0.0363. The predicted octanol–water partition coefficient (Wildman–Crippen LogP) is 12.7. The summed E-state index contributed by atoms with van der Waals surface area (Å²) in [7, 11) is 0. The molecule has 1 aromatic rings. The van der Waals surface area contributed by atoms with Crippen LogP contribution in [0.2, 0.25) is 0 Å². The monoisotopic (exact) mass is 887 g/mol. The number of hydrogen-bond acceptors (Lipinski definition) is 8. The molecule has 1 aromatic carbocycles. The van der Waals surface area contributed by atoms with Crippen molar-refractivity contribution >= 4 is 41.4 Å². The molecule has 0 saturated heterocycles. The minimum absolute atomic E-state index is 0.000511. The van der Waals surface area contributed by atoms with E-state index in [2.05, 4.69) is 24.5 Å². The van der Waals surface area contributed by atoms with Gasteiger partial charge in [-0.2, -0.15) is 0 Å². The number of benzene rings is 1. The first-order valence-electron chi connectivity index (χ1n) is 25.1. The predicted molar refractivity (Wildman–Crippen MR) is 251 cm³/mol. The number of carbonyl (C=O) groups excluding carboxylic acids is 4. The summed E-state index contributed by atoms with van der Waals surface area (Å²) in [5.41, 5.74) is 0.613. The third-order valence-corrected chi connectivity index (χ3v) is 11.6. The molecule has 12 nitrogen and oxygen atoms in total. The Hall–Kier alpha value is -3.96. The van der Waals surface area contributed by atoms with Gasteiger partial charge in [0.1, 0.15) is 18.8 Å². The van der Waals surface area contributed by atoms with Gasteiger partial charge in [0.25, 0.3) is 5.91 Å². The second-order valence-corrected chi connectivity index (χ2v) is 17.4. The van der Waals surface area contributed by atoms with Crippen LogP contribution in [0.3, 0.4) is 0 Å². The zero-order valence-electron chi connectivity index (χ0n) is 39.4. The SMILES string of the molecule is CCCCCCCCCCCCCCCC(=O)OCC(CCCCC(=O)Nc1ccc(C(=O)N[C@@H](CCC(=O)O)C(=O)O)cc1)OC(=O)CCCCCCCCCCCCCCC. The summed E-state index contributed by atoms with van der Waals surface area (Å²) in [5, 5.41) is 23.3. The van der Waals surface area contributed by atoms with E-state index in [-0.39, 0.29) is 42.9 Å². The zero-order valence-corrected chi connectivity index (χ0v) is 39.4. The highest BCUT2D eigenvalue weighted by atomic mass is 16.6. The molecule has 0 aromatic heterocycles. The molecule has 0 aliphatic carbocycles. The summed E-state index contributed by atoms with van der Waals surface area (Å²) in [6.45, 7) is 4.49. The van der Waals surface area contributed by atoms with Gasteiger partial charge in [-0.25, -0.2) is 4.79 Å². The maximum absolute atomic E-state index is 12.9. The van der Waals surface area contributed by atoms with E-state index in [1.165, 1.54) is 153 Å². The van der Waals surface area contributed by atoms with E-state index in [1.807, 2.05) is 0 Å². The van der Waals surface area contributed by atoms with E-state index in [1.54, 1.807) is 0 Å². The molecule has 1 rings (SSSR count). The molecular formula is C51H86N2O10. The molecular weight excluding hydrogens is 801 g/mol. The van der Waals surface area contributed by atoms with E-state index in [0.717, 1.165) is 38.5 Å². The Morgan fingerprint density at radius 1 is 0.508 bits per heavy atom. The Balaban J connectivity index is 2.48. The van der Waals surface area contributed by atoms with Crippen LogP contribution in [0.25, 0.3) is 0 Å². The molecule has 0 bridgehead atoms. The van der Waals surface area contributed by atoms with Gasteiger partial charge in [-0.3, -0.25) is 24.0 Å². The fourth-order valence-electron chi connectivity index (χ4n) is 7.61. The molecule has 1 unspecified atom stereocenters. The molecule has 0 spiro atoms. The topological polar surface area (TPSA) is 185 Å². The van der Waals surface area contributed by atoms with E-state index in [9.17, 15) is 33.9 Å². The number of esters is 2. The lowest BCUT2D eigenvalue weighted by Gasteiger charge is -2.18. The zero-order chi connectivity index (χ0) is 46.2. The summed E-state index contributed by atoms with van der Waals surface area (Å²) in [4.78, 5) is 73.0. The summed E-state index contributed by atoms with van der Waals surface area (Å²) in [6, 6.07) is 4.59. The molecule has 2 amide bonds. The van der Waals surface area contributed by atoms with Crippen molar-refractivity contribution in [2.24, 2.45) is 0 Å². The van der Waals surface area contributed by atoms with Crippen molar-refractivity contribution in [2.75, 3.05) is 11.9 Å². The van der Waals surface area contributed by atoms with Gasteiger partial charge in [0.2, 0.25) is 5.91 Å². The molecule has 12 heteroatoms. The highest BCUT2D eigenvalue weighted by Gasteiger charge is 2.22. The molecule has 4 N–H and O–H groups in total. The Morgan fingerprint density at radius 2 is 0.937 bits per heavy atom. The van der Waals surface area contributed by atoms with Crippen molar-refractivity contribution < 1.29 is 48.5 Å². The van der Waals surface area contributed by atoms with Crippen LogP contribution in [0.1, 0.15) is 243 Å². The largest absolute Gasteiger partial charge is 0.481 e. The third-order valence-electron chi connectivity index (χ3n) is 11.6. The second-order valence-electron chi connectivity index (χ2n) is 17.4. The maximum Gasteiger partial charge on any atom is 0.326 e. The van der Waals surface area contributed by atoms with Gasteiger partial charge >= 0.3 is 23.9 Å². The van der Waals surface area contributed by atoms with Crippen molar-refractivity contribution in [3.8, 4) is 0 Å². The number of ether oxygens (including phenoxy) is 2. The number of carboxylic acid groups (broad SMARTS) is 2. The van der Waals surface area contributed by atoms with Crippen LogP contribution in [-0.4, -0.2) is 64.7 Å². The number of nitrogens with one attached hydrogen (secondary N) is 2. The Morgan fingerprint density at radius 3 is 1.38 bits per heavy atom. The number of anilines is 1.